The lowest BCUT2D eigenvalue weighted by Gasteiger charge is -2.19. The Hall–Kier alpha value is -3.10. The first-order valence-corrected chi connectivity index (χ1v) is 11.1. The van der Waals surface area contributed by atoms with Crippen molar-refractivity contribution in [1.82, 2.24) is 16.1 Å². The number of hydrogen-bond donors (Lipinski definition) is 4. The lowest BCUT2D eigenvalue weighted by Crippen LogP contribution is -2.41. The molecule has 1 unspecified atom stereocenters. The van der Waals surface area contributed by atoms with Gasteiger partial charge in [0.15, 0.2) is 7.05 Å². The van der Waals surface area contributed by atoms with Crippen LogP contribution in [0, 0.1) is 0 Å². The van der Waals surface area contributed by atoms with Gasteiger partial charge in [-0.15, -0.1) is 16.0 Å². The molecule has 1 aromatic carbocycles. The molecule has 2 aromatic rings. The molecule has 1 aliphatic carbocycles. The fourth-order valence-corrected chi connectivity index (χ4v) is 3.88. The first-order valence-electron chi connectivity index (χ1n) is 9.85. The van der Waals surface area contributed by atoms with Crippen molar-refractivity contribution in [3.05, 3.63) is 75.6 Å². The van der Waals surface area contributed by atoms with Crippen molar-refractivity contribution in [2.75, 3.05) is 18.9 Å². The average Bonchev–Trinajstić information content (AvgIpc) is 3.29. The number of hydrogen-bond acceptors (Lipinski definition) is 4. The summed E-state index contributed by atoms with van der Waals surface area (Å²) in [5.41, 5.74) is 5.59. The van der Waals surface area contributed by atoms with E-state index in [-0.39, 0.29) is 5.91 Å². The van der Waals surface area contributed by atoms with Gasteiger partial charge in [-0.2, -0.15) is 5.43 Å². The molecule has 1 aromatic heterocycles. The zero-order valence-electron chi connectivity index (χ0n) is 17.3. The summed E-state index contributed by atoms with van der Waals surface area (Å²) in [6.07, 6.45) is 6.44. The third-order valence-corrected chi connectivity index (χ3v) is 5.74. The molecule has 9 heteroatoms. The zero-order chi connectivity index (χ0) is 22.2. The second-order valence-electron chi connectivity index (χ2n) is 6.80. The smallest absolute Gasteiger partial charge is 0.320 e. The number of hydrazine groups is 1. The highest BCUT2D eigenvalue weighted by molar-refractivity contribution is 7.10. The van der Waals surface area contributed by atoms with Gasteiger partial charge in [0.2, 0.25) is 5.71 Å². The van der Waals surface area contributed by atoms with E-state index in [2.05, 4.69) is 21.4 Å². The number of anilines is 1. The Labute approximate surface area is 190 Å². The van der Waals surface area contributed by atoms with Crippen LogP contribution in [0.3, 0.4) is 0 Å². The van der Waals surface area contributed by atoms with E-state index in [9.17, 15) is 9.59 Å². The van der Waals surface area contributed by atoms with Crippen molar-refractivity contribution in [2.24, 2.45) is 0 Å². The van der Waals surface area contributed by atoms with Crippen molar-refractivity contribution >= 4 is 46.3 Å². The fraction of sp³-hybridized carbons (Fsp3) is 0.227. The Morgan fingerprint density at radius 3 is 2.55 bits per heavy atom. The number of thiophene rings is 1. The van der Waals surface area contributed by atoms with Crippen molar-refractivity contribution in [3.8, 4) is 0 Å². The highest BCUT2D eigenvalue weighted by Crippen LogP contribution is 2.21. The van der Waals surface area contributed by atoms with Crippen LogP contribution in [0.25, 0.3) is 0 Å². The molecule has 3 amide bonds. The first-order chi connectivity index (χ1) is 15.0. The zero-order valence-corrected chi connectivity index (χ0v) is 18.9. The average molecular weight is 459 g/mol. The maximum Gasteiger partial charge on any atom is 0.320 e. The van der Waals surface area contributed by atoms with E-state index in [0.29, 0.717) is 22.8 Å². The summed E-state index contributed by atoms with van der Waals surface area (Å²) >= 11 is 7.28. The van der Waals surface area contributed by atoms with Gasteiger partial charge in [0, 0.05) is 27.4 Å². The Morgan fingerprint density at radius 2 is 1.94 bits per heavy atom. The number of benzene rings is 1. The highest BCUT2D eigenvalue weighted by Gasteiger charge is 2.25. The van der Waals surface area contributed by atoms with Gasteiger partial charge in [-0.25, -0.2) is 4.79 Å². The van der Waals surface area contributed by atoms with Crippen LogP contribution in [0.4, 0.5) is 10.5 Å². The highest BCUT2D eigenvalue weighted by atomic mass is 35.5. The molecule has 0 saturated heterocycles. The minimum atomic E-state index is -0.823. The predicted octanol–water partition coefficient (Wildman–Crippen LogP) is 3.83. The topological polar surface area (TPSA) is 85.3 Å². The number of nitrogens with zero attached hydrogens (tertiary/aromatic N) is 1. The quantitative estimate of drug-likeness (QED) is 0.375. The summed E-state index contributed by atoms with van der Waals surface area (Å²) in [4.78, 5) is 26.2. The van der Waals surface area contributed by atoms with Crippen LogP contribution >= 0.6 is 22.9 Å². The summed E-state index contributed by atoms with van der Waals surface area (Å²) in [6.45, 7) is 2.86. The first kappa shape index (κ1) is 22.6. The molecule has 1 aliphatic rings. The van der Waals surface area contributed by atoms with E-state index in [4.69, 9.17) is 11.6 Å². The Morgan fingerprint density at radius 1 is 1.16 bits per heavy atom. The molecule has 3 rings (SSSR count). The van der Waals surface area contributed by atoms with Gasteiger partial charge in [-0.3, -0.25) is 4.79 Å². The van der Waals surface area contributed by atoms with Gasteiger partial charge in [0.1, 0.15) is 6.04 Å². The predicted molar refractivity (Wildman–Crippen MR) is 126 cm³/mol. The molecule has 7 nitrogen and oxygen atoms in total. The summed E-state index contributed by atoms with van der Waals surface area (Å²) in [7, 11) is 1.95. The molecule has 162 valence electrons. The summed E-state index contributed by atoms with van der Waals surface area (Å²) in [6, 6.07) is 9.11. The van der Waals surface area contributed by atoms with Crippen LogP contribution in [0.5, 0.6) is 0 Å². The summed E-state index contributed by atoms with van der Waals surface area (Å²) < 4.78 is 1.96. The monoisotopic (exact) mass is 458 g/mol. The minimum Gasteiger partial charge on any atom is -0.324 e. The van der Waals surface area contributed by atoms with E-state index >= 15 is 0 Å². The molecular formula is C22H25ClN5O2S+. The Balaban J connectivity index is 1.66. The molecule has 4 N–H and O–H groups in total. The fourth-order valence-electron chi connectivity index (χ4n) is 2.98. The van der Waals surface area contributed by atoms with E-state index < -0.39 is 12.1 Å². The van der Waals surface area contributed by atoms with E-state index in [1.165, 1.54) is 11.3 Å². The number of halogens is 1. The molecule has 0 aliphatic heterocycles. The van der Waals surface area contributed by atoms with Crippen LogP contribution < -0.4 is 21.4 Å². The van der Waals surface area contributed by atoms with Gasteiger partial charge in [-0.1, -0.05) is 23.7 Å². The molecule has 0 fully saturated rings. The van der Waals surface area contributed by atoms with Crippen molar-refractivity contribution in [3.63, 3.8) is 0 Å². The second kappa shape index (κ2) is 10.8. The van der Waals surface area contributed by atoms with Crippen LogP contribution in [0.15, 0.2) is 65.7 Å². The van der Waals surface area contributed by atoms with E-state index in [1.807, 2.05) is 54.4 Å². The number of amides is 3. The van der Waals surface area contributed by atoms with Crippen LogP contribution in [-0.4, -0.2) is 35.9 Å². The van der Waals surface area contributed by atoms with Crippen LogP contribution in [0.1, 0.15) is 24.3 Å². The number of nitrogens with one attached hydrogen (secondary N) is 4. The number of urea groups is 1. The van der Waals surface area contributed by atoms with E-state index in [0.717, 1.165) is 17.1 Å². The molecule has 0 spiro atoms. The standard InChI is InChI=1S/C22H24ClN5O2S/c1-3-24-28(2)18-12-10-16(11-13-18)25-21(29)20(19-5-4-14-31-19)27-22(30)26-17-8-6-15(23)7-9-17/h4-12,14,20,24H,3,13H2,1-2H3,(H2-,25,26,27,29,30)/p+1. The molecule has 0 bridgehead atoms. The second-order valence-corrected chi connectivity index (χ2v) is 8.22. The molecule has 0 radical (unpaired) electrons. The number of allylic oxidation sites excluding steroid dienone is 3. The Bertz CT molecular complexity index is 1010. The van der Waals surface area contributed by atoms with Gasteiger partial charge in [0.25, 0.3) is 5.91 Å². The van der Waals surface area contributed by atoms with Gasteiger partial charge in [-0.05, 0) is 48.7 Å². The lowest BCUT2D eigenvalue weighted by molar-refractivity contribution is -0.559. The van der Waals surface area contributed by atoms with Crippen molar-refractivity contribution in [2.45, 2.75) is 19.4 Å². The lowest BCUT2D eigenvalue weighted by atomic mass is 10.1. The van der Waals surface area contributed by atoms with Crippen LogP contribution in [-0.2, 0) is 4.79 Å². The maximum atomic E-state index is 13.0. The third kappa shape index (κ3) is 6.44. The van der Waals surface area contributed by atoms with Crippen LogP contribution in [0.2, 0.25) is 5.02 Å². The third-order valence-electron chi connectivity index (χ3n) is 4.55. The van der Waals surface area contributed by atoms with E-state index in [1.54, 1.807) is 24.3 Å². The van der Waals surface area contributed by atoms with Gasteiger partial charge < -0.3 is 16.0 Å². The Kier molecular flexibility index (Phi) is 7.86. The van der Waals surface area contributed by atoms with Gasteiger partial charge in [0.05, 0.1) is 13.0 Å². The number of hydrazone groups is 1. The number of carbonyl (C=O) groups is 2. The summed E-state index contributed by atoms with van der Waals surface area (Å²) in [5, 5.41) is 10.8. The SMILES string of the molecule is CCN[N+](C)=C1C=CC(NC(=O)C(NC(=O)Nc2ccc(Cl)cc2)c2cccs2)=CC1. The molecule has 1 heterocycles. The van der Waals surface area contributed by atoms with Gasteiger partial charge >= 0.3 is 6.03 Å². The molecular weight excluding hydrogens is 434 g/mol. The number of rotatable bonds is 7. The number of carbonyl (C=O) groups excluding carboxylic acids is 2. The summed E-state index contributed by atoms with van der Waals surface area (Å²) in [5.74, 6) is -0.312. The van der Waals surface area contributed by atoms with Crippen molar-refractivity contribution in [1.29, 1.82) is 0 Å². The molecule has 1 atom stereocenters. The largest absolute Gasteiger partial charge is 0.324 e. The van der Waals surface area contributed by atoms with Crippen molar-refractivity contribution < 1.29 is 14.3 Å². The minimum absolute atomic E-state index is 0.312. The maximum absolute atomic E-state index is 13.0. The molecule has 31 heavy (non-hydrogen) atoms. The molecule has 0 saturated carbocycles. The normalized spacial score (nSPS) is 15.5.